The second-order valence-corrected chi connectivity index (χ2v) is 6.38. The van der Waals surface area contributed by atoms with Crippen LogP contribution in [0.25, 0.3) is 0 Å². The minimum atomic E-state index is -4.48. The van der Waals surface area contributed by atoms with Crippen molar-refractivity contribution >= 4 is 23.6 Å². The number of nitrogens with one attached hydrogen (secondary N) is 2. The zero-order valence-corrected chi connectivity index (χ0v) is 14.7. The van der Waals surface area contributed by atoms with Gasteiger partial charge in [0.1, 0.15) is 12.4 Å². The number of halogens is 5. The van der Waals surface area contributed by atoms with Crippen LogP contribution in [0.1, 0.15) is 17.2 Å². The van der Waals surface area contributed by atoms with Crippen LogP contribution < -0.4 is 10.6 Å². The summed E-state index contributed by atoms with van der Waals surface area (Å²) in [6, 6.07) is 2.63. The highest BCUT2D eigenvalue weighted by Crippen LogP contribution is 2.27. The zero-order chi connectivity index (χ0) is 20.5. The first-order valence-electron chi connectivity index (χ1n) is 7.91. The molecule has 3 rings (SSSR count). The Morgan fingerprint density at radius 1 is 1.43 bits per heavy atom. The van der Waals surface area contributed by atoms with Crippen LogP contribution in [0.3, 0.4) is 0 Å². The van der Waals surface area contributed by atoms with Gasteiger partial charge in [0.05, 0.1) is 23.8 Å². The number of rotatable bonds is 5. The fourth-order valence-electron chi connectivity index (χ4n) is 2.62. The number of ether oxygens (including phenoxy) is 1. The van der Waals surface area contributed by atoms with E-state index in [1.54, 1.807) is 0 Å². The molecule has 150 valence electrons. The molecular weight excluding hydrogens is 408 g/mol. The molecule has 1 aliphatic heterocycles. The zero-order valence-electron chi connectivity index (χ0n) is 14.0. The number of alkyl carbamates (subject to hydrolysis) is 1. The minimum Gasteiger partial charge on any atom is -0.434 e. The number of hydrogen-bond acceptors (Lipinski definition) is 4. The molecular formula is C16H13ClF4N4O3. The Morgan fingerprint density at radius 3 is 2.79 bits per heavy atom. The molecule has 0 radical (unpaired) electrons. The van der Waals surface area contributed by atoms with E-state index in [2.05, 4.69) is 15.7 Å². The van der Waals surface area contributed by atoms with Crippen LogP contribution in [0.2, 0.25) is 5.02 Å². The van der Waals surface area contributed by atoms with Crippen molar-refractivity contribution in [2.24, 2.45) is 0 Å². The molecule has 2 aromatic rings. The lowest BCUT2D eigenvalue weighted by molar-refractivity contribution is -0.142. The fourth-order valence-corrected chi connectivity index (χ4v) is 2.81. The Labute approximate surface area is 160 Å². The number of benzene rings is 1. The highest BCUT2D eigenvalue weighted by Gasteiger charge is 2.33. The predicted molar refractivity (Wildman–Crippen MR) is 87.9 cm³/mol. The first-order valence-corrected chi connectivity index (χ1v) is 8.29. The summed E-state index contributed by atoms with van der Waals surface area (Å²) in [7, 11) is 0. The van der Waals surface area contributed by atoms with Crippen molar-refractivity contribution in [3.63, 3.8) is 0 Å². The molecule has 1 unspecified atom stereocenters. The van der Waals surface area contributed by atoms with E-state index in [4.69, 9.17) is 16.3 Å². The molecule has 12 heteroatoms. The number of aromatic nitrogens is 2. The molecule has 1 aromatic heterocycles. The van der Waals surface area contributed by atoms with E-state index in [0.29, 0.717) is 10.2 Å². The lowest BCUT2D eigenvalue weighted by atomic mass is 10.0. The van der Waals surface area contributed by atoms with Gasteiger partial charge >= 0.3 is 12.3 Å². The van der Waals surface area contributed by atoms with Gasteiger partial charge in [0.15, 0.2) is 6.10 Å². The number of cyclic esters (lactones) is 1. The first-order chi connectivity index (χ1) is 13.1. The van der Waals surface area contributed by atoms with Crippen LogP contribution in [0, 0.1) is 5.82 Å². The summed E-state index contributed by atoms with van der Waals surface area (Å²) >= 11 is 5.78. The molecule has 0 aliphatic carbocycles. The second kappa shape index (κ2) is 7.66. The van der Waals surface area contributed by atoms with Crippen molar-refractivity contribution in [2.75, 3.05) is 6.54 Å². The number of carbonyl (C=O) groups excluding carboxylic acids is 2. The second-order valence-electron chi connectivity index (χ2n) is 5.98. The molecule has 1 aromatic carbocycles. The van der Waals surface area contributed by atoms with E-state index in [0.717, 1.165) is 18.5 Å². The van der Waals surface area contributed by atoms with E-state index in [1.807, 2.05) is 0 Å². The number of hydrogen-bond donors (Lipinski definition) is 2. The van der Waals surface area contributed by atoms with Crippen LogP contribution in [0.5, 0.6) is 0 Å². The normalized spacial score (nSPS) is 17.8. The maximum atomic E-state index is 13.5. The number of carbonyl (C=O) groups is 2. The molecule has 28 heavy (non-hydrogen) atoms. The summed E-state index contributed by atoms with van der Waals surface area (Å²) in [6.07, 6.45) is -4.11. The first kappa shape index (κ1) is 19.9. The minimum absolute atomic E-state index is 0.0606. The van der Waals surface area contributed by atoms with Crippen LogP contribution >= 0.6 is 11.6 Å². The lowest BCUT2D eigenvalue weighted by Gasteiger charge is -2.20. The molecule has 2 atom stereocenters. The average Bonchev–Trinajstić information content (AvgIpc) is 3.23. The van der Waals surface area contributed by atoms with Crippen LogP contribution in [0.4, 0.5) is 22.4 Å². The van der Waals surface area contributed by atoms with Gasteiger partial charge in [-0.25, -0.2) is 9.18 Å². The SMILES string of the molecule is O=C1NC[C@@H](C(=O)NC(c2ccc(F)c(Cl)c2)c2cnn(CC(F)(F)F)c2)O1. The maximum absolute atomic E-state index is 13.5. The van der Waals surface area contributed by atoms with E-state index < -0.39 is 42.7 Å². The summed E-state index contributed by atoms with van der Waals surface area (Å²) in [6.45, 7) is -1.38. The number of amides is 2. The van der Waals surface area contributed by atoms with Crippen molar-refractivity contribution in [1.82, 2.24) is 20.4 Å². The van der Waals surface area contributed by atoms with E-state index in [-0.39, 0.29) is 17.1 Å². The van der Waals surface area contributed by atoms with Gasteiger partial charge in [-0.3, -0.25) is 9.48 Å². The van der Waals surface area contributed by atoms with E-state index in [9.17, 15) is 27.2 Å². The van der Waals surface area contributed by atoms with Gasteiger partial charge in [-0.15, -0.1) is 0 Å². The summed E-state index contributed by atoms with van der Waals surface area (Å²) in [5, 5.41) is 8.30. The van der Waals surface area contributed by atoms with Crippen LogP contribution in [-0.2, 0) is 16.1 Å². The quantitative estimate of drug-likeness (QED) is 0.728. The Kier molecular flexibility index (Phi) is 5.45. The third-order valence-corrected chi connectivity index (χ3v) is 4.15. The van der Waals surface area contributed by atoms with E-state index >= 15 is 0 Å². The summed E-state index contributed by atoms with van der Waals surface area (Å²) < 4.78 is 56.7. The third-order valence-electron chi connectivity index (χ3n) is 3.86. The number of alkyl halides is 3. The van der Waals surface area contributed by atoms with Gasteiger partial charge in [-0.1, -0.05) is 17.7 Å². The Hall–Kier alpha value is -2.82. The molecule has 7 nitrogen and oxygen atoms in total. The largest absolute Gasteiger partial charge is 0.434 e. The maximum Gasteiger partial charge on any atom is 0.408 e. The Morgan fingerprint density at radius 2 is 2.18 bits per heavy atom. The highest BCUT2D eigenvalue weighted by molar-refractivity contribution is 6.30. The lowest BCUT2D eigenvalue weighted by Crippen LogP contribution is -2.39. The molecule has 2 N–H and O–H groups in total. The molecule has 2 heterocycles. The highest BCUT2D eigenvalue weighted by atomic mass is 35.5. The smallest absolute Gasteiger partial charge is 0.408 e. The van der Waals surface area contributed by atoms with Crippen molar-refractivity contribution in [3.05, 3.63) is 52.6 Å². The monoisotopic (exact) mass is 420 g/mol. The average molecular weight is 421 g/mol. The van der Waals surface area contributed by atoms with Gasteiger partial charge in [0.2, 0.25) is 0 Å². The molecule has 2 amide bonds. The van der Waals surface area contributed by atoms with Crippen molar-refractivity contribution in [1.29, 1.82) is 0 Å². The summed E-state index contributed by atoms with van der Waals surface area (Å²) in [5.41, 5.74) is 0.515. The van der Waals surface area contributed by atoms with Crippen LogP contribution in [0.15, 0.2) is 30.6 Å². The van der Waals surface area contributed by atoms with Gasteiger partial charge in [0, 0.05) is 11.8 Å². The van der Waals surface area contributed by atoms with Gasteiger partial charge in [-0.2, -0.15) is 18.3 Å². The van der Waals surface area contributed by atoms with Gasteiger partial charge < -0.3 is 15.4 Å². The van der Waals surface area contributed by atoms with Crippen molar-refractivity contribution < 1.29 is 31.9 Å². The fraction of sp³-hybridized carbons (Fsp3) is 0.312. The van der Waals surface area contributed by atoms with Gasteiger partial charge in [0.25, 0.3) is 5.91 Å². The predicted octanol–water partition coefficient (Wildman–Crippen LogP) is 2.55. The molecule has 0 spiro atoms. The topological polar surface area (TPSA) is 85.3 Å². The van der Waals surface area contributed by atoms with E-state index in [1.165, 1.54) is 12.1 Å². The molecule has 0 saturated carbocycles. The van der Waals surface area contributed by atoms with Gasteiger partial charge in [-0.05, 0) is 17.7 Å². The standard InChI is InChI=1S/C16H13ClF4N4O3/c17-10-3-8(1-2-11(10)18)13(24-14(26)12-5-22-15(27)28-12)9-4-23-25(6-9)7-16(19,20)21/h1-4,6,12-13H,5,7H2,(H,22,27)(H,24,26)/t12-,13?/m0/s1. The third kappa shape index (κ3) is 4.71. The molecule has 1 fully saturated rings. The number of nitrogens with zero attached hydrogens (tertiary/aromatic N) is 2. The summed E-state index contributed by atoms with van der Waals surface area (Å²) in [5.74, 6) is -1.38. The molecule has 1 saturated heterocycles. The summed E-state index contributed by atoms with van der Waals surface area (Å²) in [4.78, 5) is 23.5. The molecule has 0 bridgehead atoms. The van der Waals surface area contributed by atoms with Crippen molar-refractivity contribution in [2.45, 2.75) is 24.9 Å². The van der Waals surface area contributed by atoms with Crippen molar-refractivity contribution in [3.8, 4) is 0 Å². The van der Waals surface area contributed by atoms with Crippen LogP contribution in [-0.4, -0.2) is 40.6 Å². The Bertz CT molecular complexity index is 902. The molecule has 1 aliphatic rings. The Balaban J connectivity index is 1.89.